The van der Waals surface area contributed by atoms with E-state index in [-0.39, 0.29) is 32.3 Å². The van der Waals surface area contributed by atoms with Gasteiger partial charge in [0.25, 0.3) is 0 Å². The highest BCUT2D eigenvalue weighted by Gasteiger charge is 2.52. The Balaban J connectivity index is 2.77. The maximum absolute atomic E-state index is 13.6. The van der Waals surface area contributed by atoms with Crippen LogP contribution in [0.1, 0.15) is 342 Å². The molecule has 0 aromatic rings. The summed E-state index contributed by atoms with van der Waals surface area (Å²) in [7, 11) is 3.91. The van der Waals surface area contributed by atoms with Crippen molar-refractivity contribution in [2.75, 3.05) is 27.2 Å². The first-order valence-corrected chi connectivity index (χ1v) is 32.8. The lowest BCUT2D eigenvalue weighted by Gasteiger charge is -2.24. The molecule has 1 rings (SSSR count). The Morgan fingerprint density at radius 3 is 0.867 bits per heavy atom. The molecule has 0 aromatic carbocycles. The molecule has 0 aromatic heterocycles. The Morgan fingerprint density at radius 1 is 0.320 bits per heavy atom. The number of ether oxygens (including phenoxy) is 5. The van der Waals surface area contributed by atoms with Gasteiger partial charge >= 0.3 is 23.9 Å². The van der Waals surface area contributed by atoms with Crippen LogP contribution in [-0.2, 0) is 42.9 Å². The number of nitrogens with zero attached hydrogens (tertiary/aromatic N) is 1. The highest BCUT2D eigenvalue weighted by atomic mass is 16.8. The topological polar surface area (TPSA) is 118 Å². The first-order chi connectivity index (χ1) is 36.7. The van der Waals surface area contributed by atoms with E-state index >= 15 is 0 Å². The monoisotopic (exact) mass is 1060 g/mol. The van der Waals surface area contributed by atoms with Gasteiger partial charge < -0.3 is 28.6 Å². The zero-order chi connectivity index (χ0) is 54.5. The minimum Gasteiger partial charge on any atom is -0.463 e. The molecule has 1 fully saturated rings. The number of rotatable bonds is 57. The van der Waals surface area contributed by atoms with Crippen LogP contribution in [0.25, 0.3) is 0 Å². The van der Waals surface area contributed by atoms with E-state index in [1.165, 1.54) is 212 Å². The molecule has 75 heavy (non-hydrogen) atoms. The number of hydrogen-bond acceptors (Lipinski definition) is 10. The van der Waals surface area contributed by atoms with Gasteiger partial charge in [-0.1, -0.05) is 290 Å². The van der Waals surface area contributed by atoms with Crippen molar-refractivity contribution in [2.45, 2.75) is 366 Å². The van der Waals surface area contributed by atoms with E-state index in [9.17, 15) is 19.2 Å². The minimum atomic E-state index is -1.28. The summed E-state index contributed by atoms with van der Waals surface area (Å²) in [6, 6.07) is 0. The van der Waals surface area contributed by atoms with E-state index in [1.807, 2.05) is 19.0 Å². The third-order valence-electron chi connectivity index (χ3n) is 15.4. The van der Waals surface area contributed by atoms with Crippen molar-refractivity contribution in [1.82, 2.24) is 4.90 Å². The molecule has 1 heterocycles. The largest absolute Gasteiger partial charge is 0.463 e. The van der Waals surface area contributed by atoms with Gasteiger partial charge in [-0.05, 0) is 46.3 Å². The van der Waals surface area contributed by atoms with Crippen molar-refractivity contribution in [2.24, 2.45) is 0 Å². The normalized spacial score (nSPS) is 16.5. The second-order valence-electron chi connectivity index (χ2n) is 23.1. The lowest BCUT2D eigenvalue weighted by atomic mass is 10.0. The van der Waals surface area contributed by atoms with Gasteiger partial charge in [0.2, 0.25) is 12.4 Å². The molecule has 0 spiro atoms. The second kappa shape index (κ2) is 53.8. The number of unbranched alkanes of at least 4 members (excludes halogenated alkanes) is 42. The fourth-order valence-corrected chi connectivity index (χ4v) is 10.5. The van der Waals surface area contributed by atoms with E-state index in [0.717, 1.165) is 64.3 Å². The fraction of sp³-hybridized carbons (Fsp3) is 0.938. The lowest BCUT2D eigenvalue weighted by molar-refractivity contribution is -0.200. The Hall–Kier alpha value is -2.20. The average molecular weight is 1060 g/mol. The van der Waals surface area contributed by atoms with Crippen molar-refractivity contribution in [3.8, 4) is 0 Å². The maximum Gasteiger partial charge on any atom is 0.308 e. The lowest BCUT2D eigenvalue weighted by Crippen LogP contribution is -2.42. The zero-order valence-electron chi connectivity index (χ0n) is 50.2. The van der Waals surface area contributed by atoms with E-state index in [4.69, 9.17) is 23.7 Å². The summed E-state index contributed by atoms with van der Waals surface area (Å²) in [5.41, 5.74) is 0. The van der Waals surface area contributed by atoms with Gasteiger partial charge in [0.15, 0.2) is 6.10 Å². The zero-order valence-corrected chi connectivity index (χ0v) is 50.2. The van der Waals surface area contributed by atoms with Gasteiger partial charge in [-0.3, -0.25) is 19.2 Å². The van der Waals surface area contributed by atoms with Crippen molar-refractivity contribution < 1.29 is 42.9 Å². The van der Waals surface area contributed by atoms with E-state index in [0.29, 0.717) is 25.7 Å². The molecule has 0 amide bonds. The molecule has 0 radical (unpaired) electrons. The molecule has 10 heteroatoms. The van der Waals surface area contributed by atoms with Crippen LogP contribution in [0, 0.1) is 0 Å². The molecular formula is C65H123NO9. The molecule has 1 aliphatic heterocycles. The van der Waals surface area contributed by atoms with Crippen molar-refractivity contribution in [3.63, 3.8) is 0 Å². The van der Waals surface area contributed by atoms with Crippen molar-refractivity contribution in [1.29, 1.82) is 0 Å². The van der Waals surface area contributed by atoms with Crippen LogP contribution in [0.2, 0.25) is 0 Å². The van der Waals surface area contributed by atoms with Crippen molar-refractivity contribution in [3.05, 3.63) is 0 Å². The molecule has 0 N–H and O–H groups in total. The molecule has 0 saturated carbocycles. The third kappa shape index (κ3) is 45.4. The summed E-state index contributed by atoms with van der Waals surface area (Å²) in [5, 5.41) is 0. The minimum absolute atomic E-state index is 0.208. The molecule has 10 nitrogen and oxygen atoms in total. The molecule has 4 atom stereocenters. The summed E-state index contributed by atoms with van der Waals surface area (Å²) in [5.74, 6) is -1.69. The van der Waals surface area contributed by atoms with E-state index in [2.05, 4.69) is 20.8 Å². The van der Waals surface area contributed by atoms with Gasteiger partial charge in [0.05, 0.1) is 0 Å². The smallest absolute Gasteiger partial charge is 0.308 e. The van der Waals surface area contributed by atoms with Crippen LogP contribution in [0.3, 0.4) is 0 Å². The van der Waals surface area contributed by atoms with Gasteiger partial charge in [-0.25, -0.2) is 0 Å². The average Bonchev–Trinajstić information content (AvgIpc) is 3.69. The highest BCUT2D eigenvalue weighted by molar-refractivity contribution is 5.72. The molecule has 0 bridgehead atoms. The third-order valence-corrected chi connectivity index (χ3v) is 15.4. The molecule has 1 saturated heterocycles. The summed E-state index contributed by atoms with van der Waals surface area (Å²) >= 11 is 0. The SMILES string of the molecule is CCCCCCCCCCCCCCCCCC(=O)OC1[C@H](OC(=O)CCCCCCCCCCCCCCCCC)O[C@H](COC(=O)CCCN(C)C)[C@@H]1OC(=O)CCCCCCCCCCCCCCCCC. The van der Waals surface area contributed by atoms with Crippen molar-refractivity contribution >= 4 is 23.9 Å². The van der Waals surface area contributed by atoms with Gasteiger partial charge in [0, 0.05) is 25.7 Å². The van der Waals surface area contributed by atoms with E-state index in [1.54, 1.807) is 0 Å². The van der Waals surface area contributed by atoms with Crippen LogP contribution in [0.5, 0.6) is 0 Å². The fourth-order valence-electron chi connectivity index (χ4n) is 10.5. The predicted octanol–water partition coefficient (Wildman–Crippen LogP) is 18.7. The molecule has 442 valence electrons. The van der Waals surface area contributed by atoms with Gasteiger partial charge in [-0.2, -0.15) is 0 Å². The summed E-state index contributed by atoms with van der Waals surface area (Å²) in [6.45, 7) is 7.33. The van der Waals surface area contributed by atoms with Crippen LogP contribution >= 0.6 is 0 Å². The van der Waals surface area contributed by atoms with Gasteiger partial charge in [-0.15, -0.1) is 0 Å². The predicted molar refractivity (Wildman–Crippen MR) is 312 cm³/mol. The van der Waals surface area contributed by atoms with Crippen LogP contribution in [0.15, 0.2) is 0 Å². The molecule has 1 aliphatic rings. The second-order valence-corrected chi connectivity index (χ2v) is 23.1. The Morgan fingerprint density at radius 2 is 0.573 bits per heavy atom. The summed E-state index contributed by atoms with van der Waals surface area (Å²) in [6.07, 6.45) is 52.5. The summed E-state index contributed by atoms with van der Waals surface area (Å²) in [4.78, 5) is 55.4. The van der Waals surface area contributed by atoms with Crippen LogP contribution in [-0.4, -0.2) is 80.6 Å². The summed E-state index contributed by atoms with van der Waals surface area (Å²) < 4.78 is 30.1. The standard InChI is InChI=1S/C65H123NO9/c1-6-9-12-15-18-21-24-27-30-33-36-39-42-45-48-52-60(68)73-63-58(57-71-59(67)55-51-56-66(4)5)72-65(75-62(70)54-50-47-44-41-38-35-32-29-26-23-20-17-14-11-8-3)64(63)74-61(69)53-49-46-43-40-37-34-31-28-25-22-19-16-13-10-7-2/h58,63-65H,6-57H2,1-5H3/t58-,63+,64?,65+/m1/s1. The highest BCUT2D eigenvalue weighted by Crippen LogP contribution is 2.30. The maximum atomic E-state index is 13.6. The molecule has 0 aliphatic carbocycles. The van der Waals surface area contributed by atoms with Gasteiger partial charge in [0.1, 0.15) is 12.7 Å². The first-order valence-electron chi connectivity index (χ1n) is 32.8. The van der Waals surface area contributed by atoms with E-state index < -0.39 is 48.5 Å². The molecular weight excluding hydrogens is 939 g/mol. The Labute approximate surface area is 463 Å². The van der Waals surface area contributed by atoms with Crippen LogP contribution < -0.4 is 0 Å². The number of carbonyl (C=O) groups is 4. The van der Waals surface area contributed by atoms with Crippen LogP contribution in [0.4, 0.5) is 0 Å². The first kappa shape index (κ1) is 70.8. The number of esters is 4. The number of carbonyl (C=O) groups excluding carboxylic acids is 4. The Kier molecular flexibility index (Phi) is 50.8. The number of hydrogen-bond donors (Lipinski definition) is 0. The Bertz CT molecular complexity index is 1290. The molecule has 1 unspecified atom stereocenters. The quantitative estimate of drug-likeness (QED) is 0.0331.